The molecule has 108 valence electrons. The summed E-state index contributed by atoms with van der Waals surface area (Å²) in [5, 5.41) is 14.4. The van der Waals surface area contributed by atoms with Crippen LogP contribution in [0.1, 0.15) is 10.6 Å². The summed E-state index contributed by atoms with van der Waals surface area (Å²) in [5.74, 6) is 0.671. The molecule has 0 atom stereocenters. The van der Waals surface area contributed by atoms with Crippen LogP contribution < -0.4 is 10.1 Å². The van der Waals surface area contributed by atoms with Gasteiger partial charge >= 0.3 is 0 Å². The second-order valence-electron chi connectivity index (χ2n) is 4.74. The number of methoxy groups -OCH3 is 1. The van der Waals surface area contributed by atoms with Crippen molar-refractivity contribution in [2.45, 2.75) is 13.5 Å². The minimum atomic E-state index is 0.183. The van der Waals surface area contributed by atoms with E-state index in [1.54, 1.807) is 24.5 Å². The maximum absolute atomic E-state index is 10.1. The fourth-order valence-corrected chi connectivity index (χ4v) is 3.09. The van der Waals surface area contributed by atoms with Crippen LogP contribution >= 0.6 is 11.3 Å². The van der Waals surface area contributed by atoms with Crippen molar-refractivity contribution in [1.82, 2.24) is 4.98 Å². The lowest BCUT2D eigenvalue weighted by Gasteiger charge is -2.10. The van der Waals surface area contributed by atoms with Gasteiger partial charge in [0.05, 0.1) is 22.3 Å². The van der Waals surface area contributed by atoms with Gasteiger partial charge in [0, 0.05) is 17.8 Å². The second-order valence-corrected chi connectivity index (χ2v) is 5.97. The molecule has 21 heavy (non-hydrogen) atoms. The van der Waals surface area contributed by atoms with Gasteiger partial charge in [-0.25, -0.2) is 4.98 Å². The highest BCUT2D eigenvalue weighted by Crippen LogP contribution is 2.30. The number of ether oxygens (including phenoxy) is 1. The summed E-state index contributed by atoms with van der Waals surface area (Å²) in [4.78, 5) is 4.44. The Hall–Kier alpha value is -2.27. The fraction of sp³-hybridized carbons (Fsp3) is 0.188. The van der Waals surface area contributed by atoms with Gasteiger partial charge < -0.3 is 15.2 Å². The smallest absolute Gasteiger partial charge is 0.162 e. The number of nitrogens with one attached hydrogen (secondary N) is 1. The van der Waals surface area contributed by atoms with Crippen LogP contribution in [0.4, 0.5) is 5.69 Å². The Morgan fingerprint density at radius 1 is 1.29 bits per heavy atom. The Kier molecular flexibility index (Phi) is 3.66. The van der Waals surface area contributed by atoms with Crippen molar-refractivity contribution in [2.24, 2.45) is 0 Å². The van der Waals surface area contributed by atoms with Gasteiger partial charge in [-0.1, -0.05) is 12.1 Å². The molecule has 1 aromatic heterocycles. The molecule has 0 radical (unpaired) electrons. The lowest BCUT2D eigenvalue weighted by Crippen LogP contribution is -2.00. The monoisotopic (exact) mass is 300 g/mol. The minimum Gasteiger partial charge on any atom is -0.504 e. The van der Waals surface area contributed by atoms with Crippen molar-refractivity contribution in [3.05, 3.63) is 47.0 Å². The minimum absolute atomic E-state index is 0.183. The van der Waals surface area contributed by atoms with Gasteiger partial charge in [-0.2, -0.15) is 0 Å². The SMILES string of the molecule is COc1cccc(CNc2ccc3nc(C)sc3c2)c1O. The van der Waals surface area contributed by atoms with Crippen LogP contribution in [-0.2, 0) is 6.54 Å². The third kappa shape index (κ3) is 2.78. The zero-order chi connectivity index (χ0) is 14.8. The van der Waals surface area contributed by atoms with E-state index < -0.39 is 0 Å². The third-order valence-corrected chi connectivity index (χ3v) is 4.21. The molecule has 0 saturated heterocycles. The van der Waals surface area contributed by atoms with Crippen molar-refractivity contribution < 1.29 is 9.84 Å². The van der Waals surface area contributed by atoms with Crippen molar-refractivity contribution in [3.8, 4) is 11.5 Å². The molecule has 2 aromatic carbocycles. The number of aromatic nitrogens is 1. The number of benzene rings is 2. The molecule has 0 fully saturated rings. The molecule has 3 aromatic rings. The molecular weight excluding hydrogens is 284 g/mol. The van der Waals surface area contributed by atoms with Gasteiger partial charge in [0.25, 0.3) is 0 Å². The zero-order valence-corrected chi connectivity index (χ0v) is 12.7. The number of fused-ring (bicyclic) bond motifs is 1. The molecule has 0 unspecified atom stereocenters. The van der Waals surface area contributed by atoms with Crippen molar-refractivity contribution in [2.75, 3.05) is 12.4 Å². The highest BCUT2D eigenvalue weighted by atomic mass is 32.1. The number of aryl methyl sites for hydroxylation is 1. The van der Waals surface area contributed by atoms with Crippen LogP contribution in [0.15, 0.2) is 36.4 Å². The zero-order valence-electron chi connectivity index (χ0n) is 11.9. The number of nitrogens with zero attached hydrogens (tertiary/aromatic N) is 1. The summed E-state index contributed by atoms with van der Waals surface area (Å²) >= 11 is 1.68. The first-order valence-corrected chi connectivity index (χ1v) is 7.45. The average molecular weight is 300 g/mol. The molecule has 0 bridgehead atoms. The number of anilines is 1. The third-order valence-electron chi connectivity index (χ3n) is 3.28. The van der Waals surface area contributed by atoms with Crippen LogP contribution in [0.25, 0.3) is 10.2 Å². The molecule has 4 nitrogen and oxygen atoms in total. The number of hydrogen-bond acceptors (Lipinski definition) is 5. The van der Waals surface area contributed by atoms with E-state index in [4.69, 9.17) is 4.74 Å². The first-order chi connectivity index (χ1) is 10.2. The predicted molar refractivity (Wildman–Crippen MR) is 86.3 cm³/mol. The normalized spacial score (nSPS) is 10.8. The molecule has 0 spiro atoms. The van der Waals surface area contributed by atoms with E-state index >= 15 is 0 Å². The van der Waals surface area contributed by atoms with Crippen molar-refractivity contribution >= 4 is 27.2 Å². The molecule has 0 amide bonds. The standard InChI is InChI=1S/C16H16N2O2S/c1-10-18-13-7-6-12(8-15(13)21-10)17-9-11-4-3-5-14(20-2)16(11)19/h3-8,17,19H,9H2,1-2H3. The van der Waals surface area contributed by atoms with E-state index in [0.717, 1.165) is 26.5 Å². The lowest BCUT2D eigenvalue weighted by molar-refractivity contribution is 0.371. The number of para-hydroxylation sites is 1. The summed E-state index contributed by atoms with van der Waals surface area (Å²) in [7, 11) is 1.55. The number of thiazole rings is 1. The summed E-state index contributed by atoms with van der Waals surface area (Å²) in [5.41, 5.74) is 2.83. The maximum Gasteiger partial charge on any atom is 0.162 e. The number of rotatable bonds is 4. The summed E-state index contributed by atoms with van der Waals surface area (Å²) in [6.07, 6.45) is 0. The Balaban J connectivity index is 1.80. The quantitative estimate of drug-likeness (QED) is 0.766. The van der Waals surface area contributed by atoms with Gasteiger partial charge in [-0.3, -0.25) is 0 Å². The molecule has 0 aliphatic carbocycles. The van der Waals surface area contributed by atoms with Crippen LogP contribution in [0.2, 0.25) is 0 Å². The molecule has 3 rings (SSSR count). The topological polar surface area (TPSA) is 54.4 Å². The lowest BCUT2D eigenvalue weighted by atomic mass is 10.2. The summed E-state index contributed by atoms with van der Waals surface area (Å²) in [6, 6.07) is 11.6. The highest BCUT2D eigenvalue weighted by molar-refractivity contribution is 7.18. The first kappa shape index (κ1) is 13.7. The Morgan fingerprint density at radius 3 is 2.95 bits per heavy atom. The van der Waals surface area contributed by atoms with E-state index in [9.17, 15) is 5.11 Å². The van der Waals surface area contributed by atoms with Crippen molar-refractivity contribution in [3.63, 3.8) is 0 Å². The van der Waals surface area contributed by atoms with Gasteiger partial charge in [0.1, 0.15) is 0 Å². The van der Waals surface area contributed by atoms with Gasteiger partial charge in [0.2, 0.25) is 0 Å². The van der Waals surface area contributed by atoms with E-state index in [1.807, 2.05) is 31.2 Å². The first-order valence-electron chi connectivity index (χ1n) is 6.63. The molecule has 0 aliphatic heterocycles. The molecule has 1 heterocycles. The van der Waals surface area contributed by atoms with Gasteiger partial charge in [-0.05, 0) is 31.2 Å². The van der Waals surface area contributed by atoms with Gasteiger partial charge in [0.15, 0.2) is 11.5 Å². The number of phenolic OH excluding ortho intramolecular Hbond substituents is 1. The molecule has 5 heteroatoms. The molecule has 0 saturated carbocycles. The Morgan fingerprint density at radius 2 is 2.14 bits per heavy atom. The summed E-state index contributed by atoms with van der Waals surface area (Å²) < 4.78 is 6.27. The van der Waals surface area contributed by atoms with E-state index in [0.29, 0.717) is 12.3 Å². The van der Waals surface area contributed by atoms with E-state index in [-0.39, 0.29) is 5.75 Å². The van der Waals surface area contributed by atoms with Crippen LogP contribution in [0, 0.1) is 6.92 Å². The van der Waals surface area contributed by atoms with E-state index in [1.165, 1.54) is 0 Å². The summed E-state index contributed by atoms with van der Waals surface area (Å²) in [6.45, 7) is 2.54. The second kappa shape index (κ2) is 5.61. The maximum atomic E-state index is 10.1. The number of phenols is 1. The highest BCUT2D eigenvalue weighted by Gasteiger charge is 2.07. The molecule has 0 aliphatic rings. The van der Waals surface area contributed by atoms with Crippen LogP contribution in [0.3, 0.4) is 0 Å². The molecular formula is C16H16N2O2S. The Labute approximate surface area is 127 Å². The van der Waals surface area contributed by atoms with Crippen LogP contribution in [-0.4, -0.2) is 17.2 Å². The fourth-order valence-electron chi connectivity index (χ4n) is 2.22. The largest absolute Gasteiger partial charge is 0.504 e. The number of aromatic hydroxyl groups is 1. The van der Waals surface area contributed by atoms with Crippen LogP contribution in [0.5, 0.6) is 11.5 Å². The Bertz CT molecular complexity index is 783. The van der Waals surface area contributed by atoms with Gasteiger partial charge in [-0.15, -0.1) is 11.3 Å². The predicted octanol–water partition coefficient (Wildman–Crippen LogP) is 3.93. The molecule has 2 N–H and O–H groups in total. The number of hydrogen-bond donors (Lipinski definition) is 2. The van der Waals surface area contributed by atoms with Crippen molar-refractivity contribution in [1.29, 1.82) is 0 Å². The average Bonchev–Trinajstić information content (AvgIpc) is 2.85. The van der Waals surface area contributed by atoms with E-state index in [2.05, 4.69) is 16.4 Å².